The van der Waals surface area contributed by atoms with Gasteiger partial charge in [0.05, 0.1) is 12.7 Å². The normalized spacial score (nSPS) is 11.5. The van der Waals surface area contributed by atoms with E-state index in [1.807, 2.05) is 19.9 Å². The van der Waals surface area contributed by atoms with Crippen LogP contribution in [0, 0.1) is 0 Å². The summed E-state index contributed by atoms with van der Waals surface area (Å²) >= 11 is 0. The van der Waals surface area contributed by atoms with Crippen LogP contribution in [0.25, 0.3) is 11.0 Å². The molecule has 0 amide bonds. The number of hydrogen-bond acceptors (Lipinski definition) is 5. The minimum atomic E-state index is -0.823. The second-order valence-electron chi connectivity index (χ2n) is 5.38. The first-order chi connectivity index (χ1) is 11.0. The molecule has 0 unspecified atom stereocenters. The fourth-order valence-electron chi connectivity index (χ4n) is 2.17. The van der Waals surface area contributed by atoms with Crippen molar-refractivity contribution in [1.82, 2.24) is 0 Å². The molecule has 0 aliphatic heterocycles. The Hall–Kier alpha value is -2.43. The number of benzene rings is 1. The Balaban J connectivity index is 2.42. The summed E-state index contributed by atoms with van der Waals surface area (Å²) in [5.74, 6) is 0.0844. The lowest BCUT2D eigenvalue weighted by Crippen LogP contribution is -2.10. The maximum absolute atomic E-state index is 11.7. The van der Waals surface area contributed by atoms with Crippen molar-refractivity contribution in [2.45, 2.75) is 39.7 Å². The molecule has 1 aromatic heterocycles. The third-order valence-corrected chi connectivity index (χ3v) is 3.12. The van der Waals surface area contributed by atoms with E-state index in [0.717, 1.165) is 12.8 Å². The molecule has 1 heterocycles. The summed E-state index contributed by atoms with van der Waals surface area (Å²) in [5, 5.41) is 10.5. The lowest BCUT2D eigenvalue weighted by molar-refractivity contribution is 0.230. The molecular formula is C18H22O5. The van der Waals surface area contributed by atoms with E-state index in [1.54, 1.807) is 18.2 Å². The van der Waals surface area contributed by atoms with Crippen molar-refractivity contribution in [3.05, 3.63) is 40.8 Å². The molecule has 0 saturated heterocycles. The first kappa shape index (κ1) is 16.9. The van der Waals surface area contributed by atoms with Crippen molar-refractivity contribution in [3.8, 4) is 17.2 Å². The van der Waals surface area contributed by atoms with Gasteiger partial charge in [-0.25, -0.2) is 4.79 Å². The molecule has 0 saturated carbocycles. The molecule has 23 heavy (non-hydrogen) atoms. The second kappa shape index (κ2) is 7.72. The third-order valence-electron chi connectivity index (χ3n) is 3.12. The van der Waals surface area contributed by atoms with Gasteiger partial charge in [-0.2, -0.15) is 0 Å². The molecule has 0 aliphatic carbocycles. The van der Waals surface area contributed by atoms with E-state index < -0.39 is 11.4 Å². The highest BCUT2D eigenvalue weighted by molar-refractivity contribution is 5.91. The number of aromatic hydroxyl groups is 1. The Morgan fingerprint density at radius 1 is 1.30 bits per heavy atom. The molecule has 124 valence electrons. The lowest BCUT2D eigenvalue weighted by atomic mass is 10.2. The Morgan fingerprint density at radius 2 is 2.09 bits per heavy atom. The molecule has 0 fully saturated rings. The van der Waals surface area contributed by atoms with Crippen LogP contribution in [-0.2, 0) is 0 Å². The predicted octanol–water partition coefficient (Wildman–Crippen LogP) is 4.02. The fraction of sp³-hybridized carbons (Fsp3) is 0.389. The zero-order valence-corrected chi connectivity index (χ0v) is 13.7. The van der Waals surface area contributed by atoms with E-state index in [1.165, 1.54) is 0 Å². The summed E-state index contributed by atoms with van der Waals surface area (Å²) < 4.78 is 16.5. The highest BCUT2D eigenvalue weighted by Crippen LogP contribution is 2.38. The summed E-state index contributed by atoms with van der Waals surface area (Å²) in [5.41, 5.74) is -0.499. The van der Waals surface area contributed by atoms with Gasteiger partial charge in [-0.05, 0) is 38.8 Å². The van der Waals surface area contributed by atoms with Gasteiger partial charge in [-0.3, -0.25) is 0 Å². The van der Waals surface area contributed by atoms with E-state index in [4.69, 9.17) is 13.9 Å². The van der Waals surface area contributed by atoms with Gasteiger partial charge in [0.2, 0.25) is 5.75 Å². The van der Waals surface area contributed by atoms with Gasteiger partial charge in [-0.1, -0.05) is 25.1 Å². The van der Waals surface area contributed by atoms with Crippen molar-refractivity contribution in [2.24, 2.45) is 0 Å². The van der Waals surface area contributed by atoms with Crippen molar-refractivity contribution in [1.29, 1.82) is 0 Å². The quantitative estimate of drug-likeness (QED) is 0.474. The molecule has 5 nitrogen and oxygen atoms in total. The smallest absolute Gasteiger partial charge is 0.382 e. The van der Waals surface area contributed by atoms with Gasteiger partial charge < -0.3 is 19.0 Å². The first-order valence-electron chi connectivity index (χ1n) is 7.77. The topological polar surface area (TPSA) is 68.9 Å². The van der Waals surface area contributed by atoms with E-state index in [0.29, 0.717) is 23.3 Å². The standard InChI is InChI=1S/C18H22O5/c1-4-5-6-7-11-21-13-9-8-10-14-15(13)17(22-12(2)3)16(19)18(20)23-14/h5-6,8-10,12,19H,4,7,11H2,1-3H3/b6-5+. The first-order valence-corrected chi connectivity index (χ1v) is 7.77. The fourth-order valence-corrected chi connectivity index (χ4v) is 2.17. The molecule has 0 aliphatic rings. The van der Waals surface area contributed by atoms with E-state index in [-0.39, 0.29) is 11.9 Å². The molecule has 5 heteroatoms. The maximum Gasteiger partial charge on any atom is 0.382 e. The SMILES string of the molecule is CC/C=C/CCOc1cccc2oc(=O)c(O)c(OC(C)C)c12. The average molecular weight is 318 g/mol. The number of rotatable bonds is 7. The maximum atomic E-state index is 11.7. The minimum Gasteiger partial charge on any atom is -0.499 e. The number of ether oxygens (including phenoxy) is 2. The van der Waals surface area contributed by atoms with Gasteiger partial charge in [-0.15, -0.1) is 0 Å². The number of fused-ring (bicyclic) bond motifs is 1. The second-order valence-corrected chi connectivity index (χ2v) is 5.38. The van der Waals surface area contributed by atoms with Gasteiger partial charge >= 0.3 is 5.63 Å². The van der Waals surface area contributed by atoms with Crippen molar-refractivity contribution in [2.75, 3.05) is 6.61 Å². The van der Waals surface area contributed by atoms with E-state index >= 15 is 0 Å². The van der Waals surface area contributed by atoms with Gasteiger partial charge in [0, 0.05) is 0 Å². The van der Waals surface area contributed by atoms with Crippen LogP contribution in [0.3, 0.4) is 0 Å². The van der Waals surface area contributed by atoms with Crippen LogP contribution in [0.5, 0.6) is 17.2 Å². The summed E-state index contributed by atoms with van der Waals surface area (Å²) in [6.45, 7) is 6.19. The van der Waals surface area contributed by atoms with Crippen molar-refractivity contribution >= 4 is 11.0 Å². The number of hydrogen-bond donors (Lipinski definition) is 1. The van der Waals surface area contributed by atoms with Gasteiger partial charge in [0.25, 0.3) is 0 Å². The molecule has 0 atom stereocenters. The van der Waals surface area contributed by atoms with Crippen LogP contribution in [-0.4, -0.2) is 17.8 Å². The molecule has 2 rings (SSSR count). The predicted molar refractivity (Wildman–Crippen MR) is 89.5 cm³/mol. The van der Waals surface area contributed by atoms with E-state index in [2.05, 4.69) is 13.0 Å². The molecule has 0 radical (unpaired) electrons. The van der Waals surface area contributed by atoms with Crippen LogP contribution in [0.1, 0.15) is 33.6 Å². The van der Waals surface area contributed by atoms with Crippen LogP contribution >= 0.6 is 0 Å². The van der Waals surface area contributed by atoms with Crippen molar-refractivity contribution in [3.63, 3.8) is 0 Å². The summed E-state index contributed by atoms with van der Waals surface area (Å²) in [6, 6.07) is 5.14. The summed E-state index contributed by atoms with van der Waals surface area (Å²) in [6.07, 6.45) is 5.68. The molecule has 1 aromatic carbocycles. The van der Waals surface area contributed by atoms with Crippen molar-refractivity contribution < 1.29 is 19.0 Å². The molecule has 0 bridgehead atoms. The molecular weight excluding hydrogens is 296 g/mol. The third kappa shape index (κ3) is 4.06. The van der Waals surface area contributed by atoms with Crippen LogP contribution in [0.4, 0.5) is 0 Å². The zero-order chi connectivity index (χ0) is 16.8. The number of allylic oxidation sites excluding steroid dienone is 1. The Labute approximate surface area is 135 Å². The Kier molecular flexibility index (Phi) is 5.68. The summed E-state index contributed by atoms with van der Waals surface area (Å²) in [4.78, 5) is 11.7. The largest absolute Gasteiger partial charge is 0.499 e. The van der Waals surface area contributed by atoms with Gasteiger partial charge in [0.15, 0.2) is 5.75 Å². The van der Waals surface area contributed by atoms with Crippen LogP contribution < -0.4 is 15.1 Å². The lowest BCUT2D eigenvalue weighted by Gasteiger charge is -2.15. The van der Waals surface area contributed by atoms with Gasteiger partial charge in [0.1, 0.15) is 16.7 Å². The average Bonchev–Trinajstić information content (AvgIpc) is 2.51. The minimum absolute atomic E-state index is 0.103. The summed E-state index contributed by atoms with van der Waals surface area (Å²) in [7, 11) is 0. The Bertz CT molecular complexity index is 743. The van der Waals surface area contributed by atoms with Crippen LogP contribution in [0.2, 0.25) is 0 Å². The Morgan fingerprint density at radius 3 is 2.78 bits per heavy atom. The highest BCUT2D eigenvalue weighted by atomic mass is 16.5. The van der Waals surface area contributed by atoms with Crippen LogP contribution in [0.15, 0.2) is 39.6 Å². The highest BCUT2D eigenvalue weighted by Gasteiger charge is 2.19. The molecule has 1 N–H and O–H groups in total. The monoisotopic (exact) mass is 318 g/mol. The molecule has 2 aromatic rings. The van der Waals surface area contributed by atoms with E-state index in [9.17, 15) is 9.90 Å². The zero-order valence-electron chi connectivity index (χ0n) is 13.7. The molecule has 0 spiro atoms.